The molecule has 0 aromatic carbocycles. The molecule has 2 aromatic heterocycles. The van der Waals surface area contributed by atoms with Gasteiger partial charge in [0.15, 0.2) is 0 Å². The zero-order valence-electron chi connectivity index (χ0n) is 11.4. The van der Waals surface area contributed by atoms with Crippen LogP contribution in [0.4, 0.5) is 5.69 Å². The first-order valence-corrected chi connectivity index (χ1v) is 6.04. The van der Waals surface area contributed by atoms with Crippen LogP contribution in [0.3, 0.4) is 0 Å². The van der Waals surface area contributed by atoms with Gasteiger partial charge in [0.25, 0.3) is 5.91 Å². The Balaban J connectivity index is 2.30. The number of rotatable bonds is 4. The molecular formula is C12H15N5O3. The maximum absolute atomic E-state index is 12.2. The first kappa shape index (κ1) is 13.8. The molecule has 0 saturated heterocycles. The van der Waals surface area contributed by atoms with Gasteiger partial charge in [-0.3, -0.25) is 14.2 Å². The fourth-order valence-electron chi connectivity index (χ4n) is 1.85. The zero-order valence-corrected chi connectivity index (χ0v) is 11.4. The molecule has 2 N–H and O–H groups in total. The summed E-state index contributed by atoms with van der Waals surface area (Å²) in [6, 6.07) is 0. The summed E-state index contributed by atoms with van der Waals surface area (Å²) in [5.74, 6) is -1.72. The van der Waals surface area contributed by atoms with Crippen molar-refractivity contribution in [2.24, 2.45) is 7.05 Å². The highest BCUT2D eigenvalue weighted by molar-refractivity contribution is 6.09. The van der Waals surface area contributed by atoms with Gasteiger partial charge >= 0.3 is 5.97 Å². The Morgan fingerprint density at radius 2 is 2.15 bits per heavy atom. The molecule has 0 spiro atoms. The van der Waals surface area contributed by atoms with Crippen LogP contribution in [0.1, 0.15) is 33.5 Å². The summed E-state index contributed by atoms with van der Waals surface area (Å²) in [6.07, 6.45) is 2.85. The maximum Gasteiger partial charge on any atom is 0.339 e. The summed E-state index contributed by atoms with van der Waals surface area (Å²) in [6.45, 7) is 4.38. The van der Waals surface area contributed by atoms with Crippen molar-refractivity contribution in [2.45, 2.75) is 20.4 Å². The highest BCUT2D eigenvalue weighted by atomic mass is 16.4. The lowest BCUT2D eigenvalue weighted by Crippen LogP contribution is -2.19. The lowest BCUT2D eigenvalue weighted by atomic mass is 10.2. The summed E-state index contributed by atoms with van der Waals surface area (Å²) in [7, 11) is 1.52. The Bertz CT molecular complexity index is 671. The van der Waals surface area contributed by atoms with Gasteiger partial charge in [0.1, 0.15) is 11.3 Å². The van der Waals surface area contributed by atoms with E-state index in [-0.39, 0.29) is 11.3 Å². The second-order valence-corrected chi connectivity index (χ2v) is 4.27. The third-order valence-electron chi connectivity index (χ3n) is 2.90. The van der Waals surface area contributed by atoms with E-state index in [0.29, 0.717) is 17.9 Å². The molecule has 0 aliphatic carbocycles. The van der Waals surface area contributed by atoms with Gasteiger partial charge in [-0.25, -0.2) is 4.79 Å². The lowest BCUT2D eigenvalue weighted by Gasteiger charge is -2.05. The van der Waals surface area contributed by atoms with Gasteiger partial charge in [0, 0.05) is 19.8 Å². The highest BCUT2D eigenvalue weighted by Crippen LogP contribution is 2.15. The Hall–Kier alpha value is -2.64. The van der Waals surface area contributed by atoms with Gasteiger partial charge in [0.2, 0.25) is 0 Å². The van der Waals surface area contributed by atoms with E-state index in [9.17, 15) is 9.59 Å². The molecule has 2 rings (SSSR count). The van der Waals surface area contributed by atoms with Gasteiger partial charge in [-0.15, -0.1) is 0 Å². The topological polar surface area (TPSA) is 102 Å². The van der Waals surface area contributed by atoms with E-state index in [1.165, 1.54) is 11.7 Å². The molecule has 0 aliphatic heterocycles. The molecule has 20 heavy (non-hydrogen) atoms. The predicted molar refractivity (Wildman–Crippen MR) is 70.8 cm³/mol. The van der Waals surface area contributed by atoms with E-state index < -0.39 is 11.9 Å². The third-order valence-corrected chi connectivity index (χ3v) is 2.90. The van der Waals surface area contributed by atoms with Crippen LogP contribution in [0.2, 0.25) is 0 Å². The number of carbonyl (C=O) groups excluding carboxylic acids is 1. The van der Waals surface area contributed by atoms with Crippen LogP contribution in [-0.4, -0.2) is 36.5 Å². The van der Waals surface area contributed by atoms with Gasteiger partial charge in [-0.2, -0.15) is 10.2 Å². The Labute approximate surface area is 115 Å². The molecule has 106 valence electrons. The number of hydrogen-bond donors (Lipinski definition) is 2. The first-order chi connectivity index (χ1) is 9.43. The number of carboxylic acid groups (broad SMARTS) is 1. The number of nitrogens with zero attached hydrogens (tertiary/aromatic N) is 4. The van der Waals surface area contributed by atoms with Crippen molar-refractivity contribution in [3.8, 4) is 0 Å². The molecule has 1 amide bonds. The number of aromatic carboxylic acids is 1. The SMILES string of the molecule is CCn1cc(NC(=O)c2c(C(=O)O)cnn2C)c(C)n1. The summed E-state index contributed by atoms with van der Waals surface area (Å²) in [5, 5.41) is 19.7. The van der Waals surface area contributed by atoms with Crippen molar-refractivity contribution in [2.75, 3.05) is 5.32 Å². The van der Waals surface area contributed by atoms with Crippen molar-refractivity contribution in [3.05, 3.63) is 29.3 Å². The summed E-state index contributed by atoms with van der Waals surface area (Å²) in [5.41, 5.74) is 1.08. The summed E-state index contributed by atoms with van der Waals surface area (Å²) < 4.78 is 2.92. The van der Waals surface area contributed by atoms with Crippen LogP contribution in [-0.2, 0) is 13.6 Å². The standard InChI is InChI=1S/C12H15N5O3/c1-4-17-6-9(7(2)15-17)14-11(18)10-8(12(19)20)5-13-16(10)3/h5-6H,4H2,1-3H3,(H,14,18)(H,19,20). The molecule has 0 radical (unpaired) electrons. The number of anilines is 1. The van der Waals surface area contributed by atoms with E-state index in [4.69, 9.17) is 5.11 Å². The minimum atomic E-state index is -1.19. The molecule has 2 aromatic rings. The first-order valence-electron chi connectivity index (χ1n) is 6.04. The number of aryl methyl sites for hydroxylation is 3. The molecule has 0 atom stereocenters. The number of nitrogens with one attached hydrogen (secondary N) is 1. The number of carboxylic acids is 1. The molecule has 0 unspecified atom stereocenters. The van der Waals surface area contributed by atoms with Crippen molar-refractivity contribution in [3.63, 3.8) is 0 Å². The summed E-state index contributed by atoms with van der Waals surface area (Å²) >= 11 is 0. The highest BCUT2D eigenvalue weighted by Gasteiger charge is 2.22. The molecule has 0 saturated carbocycles. The second-order valence-electron chi connectivity index (χ2n) is 4.27. The van der Waals surface area contributed by atoms with Crippen LogP contribution >= 0.6 is 0 Å². The molecule has 0 bridgehead atoms. The average Bonchev–Trinajstić information content (AvgIpc) is 2.93. The second kappa shape index (κ2) is 5.16. The lowest BCUT2D eigenvalue weighted by molar-refractivity contribution is 0.0692. The van der Waals surface area contributed by atoms with E-state index >= 15 is 0 Å². The third kappa shape index (κ3) is 2.40. The molecule has 8 nitrogen and oxygen atoms in total. The minimum absolute atomic E-state index is 0.00106. The zero-order chi connectivity index (χ0) is 14.9. The molecule has 2 heterocycles. The van der Waals surface area contributed by atoms with Crippen molar-refractivity contribution in [1.29, 1.82) is 0 Å². The molecule has 0 fully saturated rings. The van der Waals surface area contributed by atoms with Crippen LogP contribution in [0.5, 0.6) is 0 Å². The Kier molecular flexibility index (Phi) is 3.55. The fourth-order valence-corrected chi connectivity index (χ4v) is 1.85. The monoisotopic (exact) mass is 277 g/mol. The molecule has 0 aliphatic rings. The van der Waals surface area contributed by atoms with Gasteiger partial charge in [-0.05, 0) is 13.8 Å². The van der Waals surface area contributed by atoms with Gasteiger partial charge in [0.05, 0.1) is 17.6 Å². The van der Waals surface area contributed by atoms with E-state index in [1.807, 2.05) is 6.92 Å². The van der Waals surface area contributed by atoms with Crippen molar-refractivity contribution in [1.82, 2.24) is 19.6 Å². The minimum Gasteiger partial charge on any atom is -0.478 e. The van der Waals surface area contributed by atoms with E-state index in [1.54, 1.807) is 17.8 Å². The van der Waals surface area contributed by atoms with Crippen LogP contribution < -0.4 is 5.32 Å². The van der Waals surface area contributed by atoms with Crippen molar-refractivity contribution >= 4 is 17.6 Å². The normalized spacial score (nSPS) is 10.6. The molecule has 8 heteroatoms. The smallest absolute Gasteiger partial charge is 0.339 e. The Morgan fingerprint density at radius 1 is 1.45 bits per heavy atom. The van der Waals surface area contributed by atoms with E-state index in [2.05, 4.69) is 15.5 Å². The fraction of sp³-hybridized carbons (Fsp3) is 0.333. The summed E-state index contributed by atoms with van der Waals surface area (Å²) in [4.78, 5) is 23.3. The van der Waals surface area contributed by atoms with Crippen LogP contribution in [0, 0.1) is 6.92 Å². The van der Waals surface area contributed by atoms with Gasteiger partial charge < -0.3 is 10.4 Å². The van der Waals surface area contributed by atoms with Crippen molar-refractivity contribution < 1.29 is 14.7 Å². The van der Waals surface area contributed by atoms with E-state index in [0.717, 1.165) is 6.20 Å². The van der Waals surface area contributed by atoms with Gasteiger partial charge in [-0.1, -0.05) is 0 Å². The van der Waals surface area contributed by atoms with Crippen LogP contribution in [0.25, 0.3) is 0 Å². The largest absolute Gasteiger partial charge is 0.478 e. The maximum atomic E-state index is 12.2. The number of aromatic nitrogens is 4. The predicted octanol–water partition coefficient (Wildman–Crippen LogP) is 0.895. The van der Waals surface area contributed by atoms with Crippen LogP contribution in [0.15, 0.2) is 12.4 Å². The molecular weight excluding hydrogens is 262 g/mol. The number of hydrogen-bond acceptors (Lipinski definition) is 4. The number of amides is 1. The Morgan fingerprint density at radius 3 is 2.70 bits per heavy atom. The number of carbonyl (C=O) groups is 2. The average molecular weight is 277 g/mol. The quantitative estimate of drug-likeness (QED) is 0.864.